The van der Waals surface area contributed by atoms with E-state index in [9.17, 15) is 8.42 Å². The van der Waals surface area contributed by atoms with E-state index in [1.807, 2.05) is 0 Å². The third-order valence-corrected chi connectivity index (χ3v) is 2.65. The summed E-state index contributed by atoms with van der Waals surface area (Å²) < 4.78 is 28.7. The molecule has 0 aromatic rings. The van der Waals surface area contributed by atoms with Crippen LogP contribution in [-0.4, -0.2) is 20.6 Å². The van der Waals surface area contributed by atoms with Gasteiger partial charge >= 0.3 is 10.3 Å². The Labute approximate surface area is 72.2 Å². The van der Waals surface area contributed by atoms with Crippen molar-refractivity contribution in [3.05, 3.63) is 25.3 Å². The van der Waals surface area contributed by atoms with Crippen LogP contribution in [0, 0.1) is 0 Å². The van der Waals surface area contributed by atoms with Crippen molar-refractivity contribution >= 4 is 10.3 Å². The fraction of sp³-hybridized carbons (Fsp3) is 0.429. The Hall–Kier alpha value is -0.650. The van der Waals surface area contributed by atoms with Gasteiger partial charge in [-0.3, -0.25) is 4.18 Å². The lowest BCUT2D eigenvalue weighted by molar-refractivity contribution is 0.233. The molecule has 0 amide bonds. The van der Waals surface area contributed by atoms with Gasteiger partial charge in [-0.1, -0.05) is 12.2 Å². The fourth-order valence-electron chi connectivity index (χ4n) is 1.04. The first-order valence-corrected chi connectivity index (χ1v) is 4.94. The summed E-state index contributed by atoms with van der Waals surface area (Å²) in [6, 6.07) is -0.340. The first-order chi connectivity index (χ1) is 5.59. The van der Waals surface area contributed by atoms with Gasteiger partial charge < -0.3 is 0 Å². The quantitative estimate of drug-likeness (QED) is 0.652. The van der Waals surface area contributed by atoms with Gasteiger partial charge in [0.25, 0.3) is 0 Å². The van der Waals surface area contributed by atoms with Gasteiger partial charge in [0.2, 0.25) is 0 Å². The highest BCUT2D eigenvalue weighted by Crippen LogP contribution is 2.17. The zero-order valence-corrected chi connectivity index (χ0v) is 7.38. The first-order valence-electron chi connectivity index (χ1n) is 3.53. The highest BCUT2D eigenvalue weighted by Gasteiger charge is 2.34. The van der Waals surface area contributed by atoms with E-state index in [1.54, 1.807) is 6.08 Å². The zero-order chi connectivity index (χ0) is 9.19. The van der Waals surface area contributed by atoms with E-state index in [-0.39, 0.29) is 6.04 Å². The SMILES string of the molecule is C=CC[C@H]1OS(=O)(=O)N[C@H]1C=C. The van der Waals surface area contributed by atoms with E-state index in [4.69, 9.17) is 4.18 Å². The molecule has 1 aliphatic rings. The number of nitrogens with one attached hydrogen (secondary N) is 1. The molecule has 2 atom stereocenters. The molecule has 1 N–H and O–H groups in total. The molecule has 1 fully saturated rings. The van der Waals surface area contributed by atoms with Crippen molar-refractivity contribution in [1.82, 2.24) is 4.72 Å². The lowest BCUT2D eigenvalue weighted by Crippen LogP contribution is -2.28. The molecule has 0 aromatic carbocycles. The standard InChI is InChI=1S/C7H11NO3S/c1-3-5-7-6(4-2)8-12(9,10)11-7/h3-4,6-8H,1-2,5H2/t6-,7+/m0/s1. The molecule has 1 rings (SSSR count). The van der Waals surface area contributed by atoms with Gasteiger partial charge in [-0.05, 0) is 6.42 Å². The zero-order valence-electron chi connectivity index (χ0n) is 6.56. The molecule has 0 spiro atoms. The molecule has 1 aliphatic heterocycles. The van der Waals surface area contributed by atoms with Crippen LogP contribution in [0.25, 0.3) is 0 Å². The maximum Gasteiger partial charge on any atom is 0.336 e. The van der Waals surface area contributed by atoms with Gasteiger partial charge in [0.1, 0.15) is 6.10 Å². The van der Waals surface area contributed by atoms with E-state index >= 15 is 0 Å². The lowest BCUT2D eigenvalue weighted by atomic mass is 10.1. The third-order valence-electron chi connectivity index (χ3n) is 1.58. The third kappa shape index (κ3) is 1.94. The smallest absolute Gasteiger partial charge is 0.252 e. The average molecular weight is 189 g/mol. The van der Waals surface area contributed by atoms with Crippen molar-refractivity contribution in [2.45, 2.75) is 18.6 Å². The number of hydrogen-bond acceptors (Lipinski definition) is 3. The number of hydrogen-bond donors (Lipinski definition) is 1. The van der Waals surface area contributed by atoms with Crippen LogP contribution in [0.4, 0.5) is 0 Å². The van der Waals surface area contributed by atoms with E-state index < -0.39 is 16.4 Å². The van der Waals surface area contributed by atoms with E-state index in [0.29, 0.717) is 6.42 Å². The second-order valence-electron chi connectivity index (χ2n) is 2.49. The van der Waals surface area contributed by atoms with Crippen LogP contribution in [0.1, 0.15) is 6.42 Å². The molecule has 0 aromatic heterocycles. The van der Waals surface area contributed by atoms with Crippen LogP contribution in [0.2, 0.25) is 0 Å². The summed E-state index contributed by atoms with van der Waals surface area (Å²) in [5, 5.41) is 0. The van der Waals surface area contributed by atoms with Gasteiger partial charge in [-0.2, -0.15) is 13.1 Å². The minimum atomic E-state index is -3.55. The molecule has 0 aliphatic carbocycles. The molecule has 0 saturated carbocycles. The first kappa shape index (κ1) is 9.44. The predicted molar refractivity (Wildman–Crippen MR) is 45.7 cm³/mol. The van der Waals surface area contributed by atoms with E-state index in [2.05, 4.69) is 17.9 Å². The van der Waals surface area contributed by atoms with Gasteiger partial charge in [0.05, 0.1) is 6.04 Å². The summed E-state index contributed by atoms with van der Waals surface area (Å²) in [6.45, 7) is 7.00. The highest BCUT2D eigenvalue weighted by molar-refractivity contribution is 7.85. The van der Waals surface area contributed by atoms with Crippen molar-refractivity contribution in [1.29, 1.82) is 0 Å². The van der Waals surface area contributed by atoms with Gasteiger partial charge in [0.15, 0.2) is 0 Å². The summed E-state index contributed by atoms with van der Waals surface area (Å²) in [4.78, 5) is 0. The summed E-state index contributed by atoms with van der Waals surface area (Å²) in [5.41, 5.74) is 0. The fourth-order valence-corrected chi connectivity index (χ4v) is 2.20. The topological polar surface area (TPSA) is 55.4 Å². The van der Waals surface area contributed by atoms with Crippen LogP contribution in [-0.2, 0) is 14.5 Å². The van der Waals surface area contributed by atoms with Crippen molar-refractivity contribution in [2.24, 2.45) is 0 Å². The molecule has 5 heteroatoms. The Morgan fingerprint density at radius 1 is 1.50 bits per heavy atom. The van der Waals surface area contributed by atoms with Gasteiger partial charge in [-0.25, -0.2) is 0 Å². The Kier molecular flexibility index (Phi) is 2.66. The Bertz CT molecular complexity index is 283. The van der Waals surface area contributed by atoms with Crippen molar-refractivity contribution in [3.8, 4) is 0 Å². The van der Waals surface area contributed by atoms with Crippen molar-refractivity contribution in [3.63, 3.8) is 0 Å². The average Bonchev–Trinajstić information content (AvgIpc) is 2.26. The minimum Gasteiger partial charge on any atom is -0.252 e. The van der Waals surface area contributed by atoms with Crippen molar-refractivity contribution in [2.75, 3.05) is 0 Å². The molecule has 0 bridgehead atoms. The Morgan fingerprint density at radius 3 is 2.67 bits per heavy atom. The van der Waals surface area contributed by atoms with Gasteiger partial charge in [-0.15, -0.1) is 13.2 Å². The highest BCUT2D eigenvalue weighted by atomic mass is 32.2. The Morgan fingerprint density at radius 2 is 2.17 bits per heavy atom. The molecular weight excluding hydrogens is 178 g/mol. The molecule has 12 heavy (non-hydrogen) atoms. The van der Waals surface area contributed by atoms with Crippen LogP contribution < -0.4 is 4.72 Å². The van der Waals surface area contributed by atoms with E-state index in [1.165, 1.54) is 6.08 Å². The van der Waals surface area contributed by atoms with Crippen LogP contribution >= 0.6 is 0 Å². The summed E-state index contributed by atoms with van der Waals surface area (Å²) in [7, 11) is -3.55. The van der Waals surface area contributed by atoms with Gasteiger partial charge in [0, 0.05) is 0 Å². The normalized spacial score (nSPS) is 33.0. The maximum atomic E-state index is 10.9. The second kappa shape index (κ2) is 3.38. The molecular formula is C7H11NO3S. The lowest BCUT2D eigenvalue weighted by Gasteiger charge is -2.07. The minimum absolute atomic E-state index is 0.340. The maximum absolute atomic E-state index is 10.9. The van der Waals surface area contributed by atoms with Crippen LogP contribution in [0.15, 0.2) is 25.3 Å². The largest absolute Gasteiger partial charge is 0.336 e. The molecule has 1 heterocycles. The van der Waals surface area contributed by atoms with Crippen molar-refractivity contribution < 1.29 is 12.6 Å². The van der Waals surface area contributed by atoms with E-state index in [0.717, 1.165) is 0 Å². The predicted octanol–water partition coefficient (Wildman–Crippen LogP) is 0.350. The summed E-state index contributed by atoms with van der Waals surface area (Å²) >= 11 is 0. The number of rotatable bonds is 3. The van der Waals surface area contributed by atoms with Crippen LogP contribution in [0.5, 0.6) is 0 Å². The summed E-state index contributed by atoms with van der Waals surface area (Å²) in [5.74, 6) is 0. The monoisotopic (exact) mass is 189 g/mol. The summed E-state index contributed by atoms with van der Waals surface area (Å²) in [6.07, 6.45) is 3.22. The van der Waals surface area contributed by atoms with Crippen LogP contribution in [0.3, 0.4) is 0 Å². The molecule has 0 unspecified atom stereocenters. The molecule has 68 valence electrons. The molecule has 1 saturated heterocycles. The molecule has 0 radical (unpaired) electrons. The molecule has 4 nitrogen and oxygen atoms in total. The second-order valence-corrected chi connectivity index (χ2v) is 3.83. The Balaban J connectivity index is 2.75.